The van der Waals surface area contributed by atoms with E-state index in [0.717, 1.165) is 25.7 Å². The Morgan fingerprint density at radius 1 is 1.40 bits per heavy atom. The van der Waals surface area contributed by atoms with Crippen molar-refractivity contribution in [2.45, 2.75) is 25.7 Å². The Hall–Kier alpha value is -0.790. The monoisotopic (exact) mass is 139 g/mol. The molecule has 2 heteroatoms. The van der Waals surface area contributed by atoms with Crippen molar-refractivity contribution in [1.29, 1.82) is 0 Å². The third-order valence-electron chi connectivity index (χ3n) is 2.11. The fraction of sp³-hybridized carbons (Fsp3) is 0.625. The van der Waals surface area contributed by atoms with E-state index < -0.39 is 5.97 Å². The number of hydrogen-bond acceptors (Lipinski definition) is 2. The van der Waals surface area contributed by atoms with Crippen LogP contribution in [0.3, 0.4) is 0 Å². The van der Waals surface area contributed by atoms with Gasteiger partial charge in [0.1, 0.15) is 0 Å². The second-order valence-corrected chi connectivity index (χ2v) is 2.79. The number of carboxylic acid groups (broad SMARTS) is 1. The van der Waals surface area contributed by atoms with Gasteiger partial charge in [0.25, 0.3) is 0 Å². The Morgan fingerprint density at radius 2 is 1.90 bits per heavy atom. The Balaban J connectivity index is 2.48. The maximum Gasteiger partial charge on any atom is 0.0671 e. The minimum Gasteiger partial charge on any atom is -0.545 e. The third-order valence-corrected chi connectivity index (χ3v) is 2.11. The summed E-state index contributed by atoms with van der Waals surface area (Å²) in [4.78, 5) is 10.3. The van der Waals surface area contributed by atoms with E-state index in [1.54, 1.807) is 0 Å². The summed E-state index contributed by atoms with van der Waals surface area (Å²) >= 11 is 0. The molecule has 1 saturated carbocycles. The van der Waals surface area contributed by atoms with E-state index in [1.807, 2.05) is 0 Å². The Kier molecular flexibility index (Phi) is 2.10. The lowest BCUT2D eigenvalue weighted by molar-refractivity contribution is -0.299. The van der Waals surface area contributed by atoms with E-state index in [4.69, 9.17) is 0 Å². The highest BCUT2D eigenvalue weighted by Gasteiger charge is 2.17. The van der Waals surface area contributed by atoms with E-state index in [0.29, 0.717) is 0 Å². The first kappa shape index (κ1) is 7.32. The van der Waals surface area contributed by atoms with Crippen molar-refractivity contribution in [3.05, 3.63) is 12.2 Å². The Morgan fingerprint density at radius 3 is 2.30 bits per heavy atom. The fourth-order valence-corrected chi connectivity index (χ4v) is 1.44. The highest BCUT2D eigenvalue weighted by Crippen LogP contribution is 2.29. The van der Waals surface area contributed by atoms with Gasteiger partial charge in [-0.3, -0.25) is 0 Å². The van der Waals surface area contributed by atoms with E-state index in [1.165, 1.54) is 0 Å². The topological polar surface area (TPSA) is 40.1 Å². The summed E-state index contributed by atoms with van der Waals surface area (Å²) in [6.45, 7) is 3.47. The molecule has 0 heterocycles. The Labute approximate surface area is 60.6 Å². The molecule has 1 aliphatic rings. The van der Waals surface area contributed by atoms with Crippen LogP contribution < -0.4 is 5.11 Å². The molecule has 0 unspecified atom stereocenters. The quantitative estimate of drug-likeness (QED) is 0.522. The first-order valence-electron chi connectivity index (χ1n) is 3.62. The minimum absolute atomic E-state index is 0.199. The molecule has 1 rings (SSSR count). The largest absolute Gasteiger partial charge is 0.545 e. The molecular weight excluding hydrogens is 128 g/mol. The molecule has 0 N–H and O–H groups in total. The molecule has 0 aromatic carbocycles. The smallest absolute Gasteiger partial charge is 0.0671 e. The molecule has 0 saturated heterocycles. The molecule has 0 aromatic rings. The molecule has 2 nitrogen and oxygen atoms in total. The lowest BCUT2D eigenvalue weighted by atomic mass is 9.99. The zero-order chi connectivity index (χ0) is 7.56. The predicted molar refractivity (Wildman–Crippen MR) is 36.1 cm³/mol. The molecule has 0 aliphatic heterocycles. The van der Waals surface area contributed by atoms with Crippen LogP contribution in [0.25, 0.3) is 0 Å². The molecule has 0 amide bonds. The van der Waals surface area contributed by atoms with Crippen LogP contribution in [0.1, 0.15) is 25.7 Å². The van der Waals surface area contributed by atoms with Crippen molar-refractivity contribution < 1.29 is 9.90 Å². The minimum atomic E-state index is -1.08. The number of carbonyl (C=O) groups is 1. The maximum absolute atomic E-state index is 10.3. The number of rotatable bonds is 2. The summed E-state index contributed by atoms with van der Waals surface area (Å²) in [5.74, 6) is -0.878. The van der Waals surface area contributed by atoms with Gasteiger partial charge in [0.2, 0.25) is 0 Å². The van der Waals surface area contributed by atoms with Gasteiger partial charge in [-0.25, -0.2) is 0 Å². The lowest BCUT2D eigenvalue weighted by Gasteiger charge is -2.12. The zero-order valence-corrected chi connectivity index (χ0v) is 5.93. The normalized spacial score (nSPS) is 19.2. The van der Waals surface area contributed by atoms with Crippen LogP contribution >= 0.6 is 0 Å². The number of carboxylic acids is 1. The third kappa shape index (κ3) is 1.38. The molecule has 56 valence electrons. The summed E-state index contributed by atoms with van der Waals surface area (Å²) in [5.41, 5.74) is 0.289. The Bertz CT molecular complexity index is 155. The molecule has 0 spiro atoms. The van der Waals surface area contributed by atoms with Gasteiger partial charge in [-0.15, -0.1) is 0 Å². The van der Waals surface area contributed by atoms with Crippen LogP contribution in [0, 0.1) is 5.92 Å². The summed E-state index contributed by atoms with van der Waals surface area (Å²) in [7, 11) is 0. The first-order valence-corrected chi connectivity index (χ1v) is 3.62. The maximum atomic E-state index is 10.3. The van der Waals surface area contributed by atoms with E-state index in [9.17, 15) is 9.90 Å². The first-order chi connectivity index (χ1) is 4.72. The molecular formula is C8H11O2-. The van der Waals surface area contributed by atoms with E-state index in [2.05, 4.69) is 6.58 Å². The predicted octanol–water partition coefficient (Wildman–Crippen LogP) is 0.483. The van der Waals surface area contributed by atoms with Crippen LogP contribution in [0.2, 0.25) is 0 Å². The standard InChI is InChI=1S/C8H12O2/c1-6(8(9)10)7-4-2-3-5-7/h7H,1-5H2,(H,9,10)/p-1. The van der Waals surface area contributed by atoms with Crippen molar-refractivity contribution in [3.8, 4) is 0 Å². The van der Waals surface area contributed by atoms with Crippen LogP contribution in [-0.2, 0) is 4.79 Å². The molecule has 0 atom stereocenters. The average molecular weight is 139 g/mol. The van der Waals surface area contributed by atoms with Crippen molar-refractivity contribution >= 4 is 5.97 Å². The molecule has 0 bridgehead atoms. The van der Waals surface area contributed by atoms with E-state index in [-0.39, 0.29) is 11.5 Å². The highest BCUT2D eigenvalue weighted by atomic mass is 16.4. The summed E-state index contributed by atoms with van der Waals surface area (Å²) < 4.78 is 0. The number of carbonyl (C=O) groups excluding carboxylic acids is 1. The van der Waals surface area contributed by atoms with Gasteiger partial charge in [-0.05, 0) is 24.3 Å². The van der Waals surface area contributed by atoms with Gasteiger partial charge < -0.3 is 9.90 Å². The van der Waals surface area contributed by atoms with Crippen LogP contribution in [0.5, 0.6) is 0 Å². The molecule has 0 aromatic heterocycles. The lowest BCUT2D eigenvalue weighted by Crippen LogP contribution is -2.26. The van der Waals surface area contributed by atoms with Gasteiger partial charge >= 0.3 is 0 Å². The van der Waals surface area contributed by atoms with Crippen molar-refractivity contribution in [1.82, 2.24) is 0 Å². The highest BCUT2D eigenvalue weighted by molar-refractivity contribution is 5.84. The summed E-state index contributed by atoms with van der Waals surface area (Å²) in [5, 5.41) is 10.3. The summed E-state index contributed by atoms with van der Waals surface area (Å²) in [6, 6.07) is 0. The average Bonchev–Trinajstić information content (AvgIpc) is 2.36. The van der Waals surface area contributed by atoms with Crippen LogP contribution in [0.4, 0.5) is 0 Å². The number of aliphatic carboxylic acids is 1. The molecule has 0 radical (unpaired) electrons. The van der Waals surface area contributed by atoms with Crippen LogP contribution in [0.15, 0.2) is 12.2 Å². The fourth-order valence-electron chi connectivity index (χ4n) is 1.44. The van der Waals surface area contributed by atoms with Gasteiger partial charge in [0, 0.05) is 0 Å². The summed E-state index contributed by atoms with van der Waals surface area (Å²) in [6.07, 6.45) is 4.23. The van der Waals surface area contributed by atoms with Gasteiger partial charge in [-0.1, -0.05) is 19.4 Å². The van der Waals surface area contributed by atoms with Gasteiger partial charge in [0.05, 0.1) is 5.97 Å². The zero-order valence-electron chi connectivity index (χ0n) is 5.93. The van der Waals surface area contributed by atoms with Gasteiger partial charge in [-0.2, -0.15) is 0 Å². The van der Waals surface area contributed by atoms with Crippen molar-refractivity contribution in [3.63, 3.8) is 0 Å². The molecule has 10 heavy (non-hydrogen) atoms. The molecule has 1 aliphatic carbocycles. The van der Waals surface area contributed by atoms with Gasteiger partial charge in [0.15, 0.2) is 0 Å². The second-order valence-electron chi connectivity index (χ2n) is 2.79. The van der Waals surface area contributed by atoms with Crippen molar-refractivity contribution in [2.24, 2.45) is 5.92 Å². The number of hydrogen-bond donors (Lipinski definition) is 0. The second kappa shape index (κ2) is 2.86. The van der Waals surface area contributed by atoms with Crippen LogP contribution in [-0.4, -0.2) is 5.97 Å². The molecule has 1 fully saturated rings. The van der Waals surface area contributed by atoms with E-state index >= 15 is 0 Å². The SMILES string of the molecule is C=C(C(=O)[O-])C1CCCC1. The van der Waals surface area contributed by atoms with Crippen molar-refractivity contribution in [2.75, 3.05) is 0 Å².